The molecule has 1 N–H and O–H groups in total. The third-order valence-corrected chi connectivity index (χ3v) is 4.22. The van der Waals surface area contributed by atoms with Gasteiger partial charge in [-0.3, -0.25) is 0 Å². The Balaban J connectivity index is 2.13. The predicted molar refractivity (Wildman–Crippen MR) is 67.7 cm³/mol. The zero-order chi connectivity index (χ0) is 10.8. The maximum atomic E-state index is 3.28. The first-order valence-corrected chi connectivity index (χ1v) is 6.52. The van der Waals surface area contributed by atoms with E-state index in [1.807, 2.05) is 18.8 Å². The minimum Gasteiger partial charge on any atom is -0.317 e. The van der Waals surface area contributed by atoms with Crippen LogP contribution in [0, 0.1) is 0 Å². The molecule has 0 saturated carbocycles. The average molecular weight is 221 g/mol. The maximum absolute atomic E-state index is 3.28. The summed E-state index contributed by atoms with van der Waals surface area (Å²) in [5, 5.41) is 4.05. The quantitative estimate of drug-likeness (QED) is 0.842. The Hall–Kier alpha value is -0.470. The molecule has 1 aliphatic rings. The summed E-state index contributed by atoms with van der Waals surface area (Å²) in [4.78, 5) is 1.49. The third-order valence-electron chi connectivity index (χ3n) is 3.00. The highest BCUT2D eigenvalue weighted by molar-refractivity contribution is 8.00. The summed E-state index contributed by atoms with van der Waals surface area (Å²) < 4.78 is 0. The summed E-state index contributed by atoms with van der Waals surface area (Å²) in [5.41, 5.74) is 3.01. The van der Waals surface area contributed by atoms with E-state index in [9.17, 15) is 0 Å². The molecule has 2 heteroatoms. The van der Waals surface area contributed by atoms with Gasteiger partial charge in [0.2, 0.25) is 0 Å². The first-order valence-electron chi connectivity index (χ1n) is 5.64. The van der Waals surface area contributed by atoms with Crippen LogP contribution >= 0.6 is 11.8 Å². The van der Waals surface area contributed by atoms with Gasteiger partial charge in [-0.15, -0.1) is 11.8 Å². The Kier molecular flexibility index (Phi) is 3.37. The molecule has 82 valence electrons. The molecule has 15 heavy (non-hydrogen) atoms. The topological polar surface area (TPSA) is 12.0 Å². The fourth-order valence-corrected chi connectivity index (χ4v) is 3.19. The van der Waals surface area contributed by atoms with Gasteiger partial charge in [0.15, 0.2) is 0 Å². The molecular weight excluding hydrogens is 202 g/mol. The fraction of sp³-hybridized carbons (Fsp3) is 0.538. The van der Waals surface area contributed by atoms with Crippen LogP contribution in [0.1, 0.15) is 25.0 Å². The molecule has 1 heterocycles. The smallest absolute Gasteiger partial charge is 0.0107 e. The molecule has 0 fully saturated rings. The zero-order valence-corrected chi connectivity index (χ0v) is 10.5. The summed E-state index contributed by atoms with van der Waals surface area (Å²) in [6, 6.07) is 7.52. The summed E-state index contributed by atoms with van der Waals surface area (Å²) >= 11 is 2.01. The Morgan fingerprint density at radius 3 is 3.07 bits per heavy atom. The van der Waals surface area contributed by atoms with Crippen molar-refractivity contribution in [3.05, 3.63) is 29.3 Å². The number of rotatable bonds is 3. The molecular formula is C13H19NS. The lowest BCUT2D eigenvalue weighted by Gasteiger charge is -2.10. The average Bonchev–Trinajstić information content (AvgIpc) is 2.57. The molecule has 0 radical (unpaired) electrons. The van der Waals surface area contributed by atoms with E-state index in [1.165, 1.54) is 16.9 Å². The van der Waals surface area contributed by atoms with E-state index in [4.69, 9.17) is 0 Å². The van der Waals surface area contributed by atoms with Crippen LogP contribution in [0.2, 0.25) is 0 Å². The van der Waals surface area contributed by atoms with Gasteiger partial charge in [-0.1, -0.05) is 19.1 Å². The lowest BCUT2D eigenvalue weighted by molar-refractivity contribution is 0.608. The lowest BCUT2D eigenvalue weighted by Crippen LogP contribution is -2.23. The van der Waals surface area contributed by atoms with Crippen molar-refractivity contribution in [2.24, 2.45) is 0 Å². The minimum atomic E-state index is 0.564. The summed E-state index contributed by atoms with van der Waals surface area (Å²) in [6.07, 6.45) is 2.37. The van der Waals surface area contributed by atoms with Crippen LogP contribution in [0.4, 0.5) is 0 Å². The molecule has 0 saturated heterocycles. The molecule has 1 nitrogen and oxygen atoms in total. The number of likely N-dealkylation sites (N-methyl/N-ethyl adjacent to an activating group) is 1. The van der Waals surface area contributed by atoms with E-state index in [-0.39, 0.29) is 0 Å². The van der Waals surface area contributed by atoms with Crippen molar-refractivity contribution in [1.82, 2.24) is 5.32 Å². The molecule has 2 unspecified atom stereocenters. The van der Waals surface area contributed by atoms with Crippen LogP contribution in [0.3, 0.4) is 0 Å². The predicted octanol–water partition coefficient (Wildman–Crippen LogP) is 2.87. The number of hydrogen-bond donors (Lipinski definition) is 1. The van der Waals surface area contributed by atoms with E-state index < -0.39 is 0 Å². The van der Waals surface area contributed by atoms with Gasteiger partial charge >= 0.3 is 0 Å². The summed E-state index contributed by atoms with van der Waals surface area (Å²) in [7, 11) is 2.02. The molecule has 0 bridgehead atoms. The highest BCUT2D eigenvalue weighted by Crippen LogP contribution is 2.37. The van der Waals surface area contributed by atoms with Crippen molar-refractivity contribution < 1.29 is 0 Å². The first-order chi connectivity index (χ1) is 7.19. The van der Waals surface area contributed by atoms with Crippen molar-refractivity contribution in [2.75, 3.05) is 7.05 Å². The van der Waals surface area contributed by atoms with Gasteiger partial charge in [-0.25, -0.2) is 0 Å². The van der Waals surface area contributed by atoms with Gasteiger partial charge in [-0.2, -0.15) is 0 Å². The van der Waals surface area contributed by atoms with Crippen molar-refractivity contribution in [2.45, 2.75) is 42.9 Å². The van der Waals surface area contributed by atoms with Crippen LogP contribution in [-0.2, 0) is 12.8 Å². The highest BCUT2D eigenvalue weighted by atomic mass is 32.2. The van der Waals surface area contributed by atoms with Crippen molar-refractivity contribution in [3.8, 4) is 0 Å². The van der Waals surface area contributed by atoms with Gasteiger partial charge in [0.25, 0.3) is 0 Å². The maximum Gasteiger partial charge on any atom is 0.0107 e. The van der Waals surface area contributed by atoms with E-state index >= 15 is 0 Å². The number of benzene rings is 1. The number of nitrogens with one attached hydrogen (secondary N) is 1. The number of fused-ring (bicyclic) bond motifs is 1. The first kappa shape index (κ1) is 11.0. The van der Waals surface area contributed by atoms with Crippen molar-refractivity contribution in [3.63, 3.8) is 0 Å². The Morgan fingerprint density at radius 1 is 1.53 bits per heavy atom. The SMILES string of the molecule is CNC(C)Cc1ccc2c(c1)CC(C)S2. The number of hydrogen-bond acceptors (Lipinski definition) is 2. The zero-order valence-electron chi connectivity index (χ0n) is 9.71. The molecule has 0 aromatic heterocycles. The van der Waals surface area contributed by atoms with Gasteiger partial charge in [0.1, 0.15) is 0 Å². The minimum absolute atomic E-state index is 0.564. The lowest BCUT2D eigenvalue weighted by atomic mass is 10.0. The monoisotopic (exact) mass is 221 g/mol. The second kappa shape index (κ2) is 4.58. The van der Waals surface area contributed by atoms with Gasteiger partial charge in [-0.05, 0) is 44.0 Å². The Morgan fingerprint density at radius 2 is 2.33 bits per heavy atom. The Labute approximate surface area is 96.7 Å². The fourth-order valence-electron chi connectivity index (χ4n) is 2.06. The molecule has 0 aliphatic carbocycles. The van der Waals surface area contributed by atoms with Crippen LogP contribution in [0.15, 0.2) is 23.1 Å². The molecule has 1 aliphatic heterocycles. The van der Waals surface area contributed by atoms with E-state index in [0.717, 1.165) is 11.7 Å². The molecule has 0 spiro atoms. The Bertz CT molecular complexity index is 348. The van der Waals surface area contributed by atoms with Gasteiger partial charge in [0, 0.05) is 16.2 Å². The van der Waals surface area contributed by atoms with E-state index in [1.54, 1.807) is 5.56 Å². The molecule has 2 atom stereocenters. The van der Waals surface area contributed by atoms with Gasteiger partial charge in [0.05, 0.1) is 0 Å². The molecule has 1 aromatic rings. The van der Waals surface area contributed by atoms with Crippen LogP contribution < -0.4 is 5.32 Å². The summed E-state index contributed by atoms with van der Waals surface area (Å²) in [6.45, 7) is 4.53. The summed E-state index contributed by atoms with van der Waals surface area (Å²) in [5.74, 6) is 0. The highest BCUT2D eigenvalue weighted by Gasteiger charge is 2.18. The molecule has 2 rings (SSSR count). The van der Waals surface area contributed by atoms with Crippen molar-refractivity contribution in [1.29, 1.82) is 0 Å². The number of thioether (sulfide) groups is 1. The molecule has 0 amide bonds. The normalized spacial score (nSPS) is 21.4. The van der Waals surface area contributed by atoms with Crippen LogP contribution in [0.25, 0.3) is 0 Å². The van der Waals surface area contributed by atoms with Gasteiger partial charge < -0.3 is 5.32 Å². The molecule has 1 aromatic carbocycles. The van der Waals surface area contributed by atoms with Crippen molar-refractivity contribution >= 4 is 11.8 Å². The van der Waals surface area contributed by atoms with E-state index in [0.29, 0.717) is 6.04 Å². The van der Waals surface area contributed by atoms with E-state index in [2.05, 4.69) is 37.4 Å². The van der Waals surface area contributed by atoms with Crippen LogP contribution in [-0.4, -0.2) is 18.3 Å². The second-order valence-corrected chi connectivity index (χ2v) is 5.95. The largest absolute Gasteiger partial charge is 0.317 e. The second-order valence-electron chi connectivity index (χ2n) is 4.47. The van der Waals surface area contributed by atoms with Crippen LogP contribution in [0.5, 0.6) is 0 Å². The third kappa shape index (κ3) is 2.56. The standard InChI is InChI=1S/C13H19NS/c1-9(14-3)6-11-4-5-13-12(8-11)7-10(2)15-13/h4-5,8-10,14H,6-7H2,1-3H3.